The molecule has 2 atom stereocenters. The molecule has 107 heavy (non-hydrogen) atoms. The fourth-order valence-electron chi connectivity index (χ4n) is 17.1. The van der Waals surface area contributed by atoms with Crippen molar-refractivity contribution < 1.29 is 38.3 Å². The quantitative estimate of drug-likeness (QED) is 0.0599. The third kappa shape index (κ3) is 21.8. The lowest BCUT2D eigenvalue weighted by Gasteiger charge is -2.50. The number of nitrogens with one attached hydrogen (secondary N) is 1. The number of nitrogens with zero attached hydrogens (tertiary/aromatic N) is 7. The van der Waals surface area contributed by atoms with Gasteiger partial charge in [-0.1, -0.05) is 144 Å². The first-order valence-corrected chi connectivity index (χ1v) is 40.9. The van der Waals surface area contributed by atoms with E-state index in [1.807, 2.05) is 113 Å². The molecule has 6 heterocycles. The second-order valence-electron chi connectivity index (χ2n) is 30.9. The van der Waals surface area contributed by atoms with Gasteiger partial charge >= 0.3 is 11.5 Å². The Labute approximate surface area is 666 Å². The van der Waals surface area contributed by atoms with Crippen LogP contribution in [0.1, 0.15) is 191 Å². The number of hydrogen-bond donors (Lipinski definition) is 2. The summed E-state index contributed by atoms with van der Waals surface area (Å²) in [6, 6.07) is 43.3. The molecule has 0 bridgehead atoms. The van der Waals surface area contributed by atoms with E-state index in [0.717, 1.165) is 236 Å². The highest BCUT2D eigenvalue weighted by atomic mass is 79.9. The first kappa shape index (κ1) is 84.5. The molecule has 2 unspecified atom stereocenters. The van der Waals surface area contributed by atoms with E-state index in [2.05, 4.69) is 181 Å². The predicted octanol–water partition coefficient (Wildman–Crippen LogP) is 18.2. The average Bonchev–Trinajstić information content (AvgIpc) is 0.793. The Morgan fingerprint density at radius 1 is 0.449 bits per heavy atom. The summed E-state index contributed by atoms with van der Waals surface area (Å²) >= 11 is 15.1. The van der Waals surface area contributed by atoms with E-state index in [0.29, 0.717) is 17.8 Å². The lowest BCUT2D eigenvalue weighted by molar-refractivity contribution is 0.00746. The molecule has 3 N–H and O–H groups in total. The van der Waals surface area contributed by atoms with Crippen LogP contribution in [0.25, 0.3) is 0 Å². The molecule has 21 heteroatoms. The molecule has 6 aromatic carbocycles. The second kappa shape index (κ2) is 38.9. The lowest BCUT2D eigenvalue weighted by Crippen LogP contribution is -2.57. The van der Waals surface area contributed by atoms with Crippen LogP contribution < -0.4 is 11.1 Å². The minimum absolute atomic E-state index is 0.0719. The Bertz CT molecular complexity index is 3920. The molecule has 0 aromatic heterocycles. The number of oxime groups is 1. The SMILES string of the molecule is COC(=O)Cl.COC(=O)NC(c1ccc(Br)cc1)C1CCN(C2(C)CCN(C(=O)c3c(C)cccc3C)CC2)CC1.CON=C(c1ccc(Br)cc1)C1CCN(C2(C)CCN(C(=O)c3c(C)cccc3C)CC2)CC1.Cc1cccc(C)c1C(=O)N1CCC(C)(N2CCC(C(N)c3ccc(Br)cc3)CC2)CC1. The van der Waals surface area contributed by atoms with Gasteiger partial charge in [0.05, 0.1) is 26.0 Å². The standard InChI is InChI=1S/C29H38BrN3O3.C28H36BrN3O2.C27H36BrN3O.C2H3ClO2/c1-20-6-5-7-21(2)25(20)27(34)32-18-14-29(3,15-19-32)33-16-12-23(13-17-33)26(31-28(35)36-4)22-8-10-24(30)11-9-22;1-20-6-5-7-21(2)25(20)27(33)31-18-14-28(3,15-19-31)32-16-12-23(13-17-32)26(30-34-4)22-8-10-24(29)11-9-22;1-19-5-4-6-20(2)24(19)26(32)30-17-13-27(3,14-18-30)31-15-11-22(12-16-31)25(29)21-7-9-23(28)10-8-21;1-5-2(3)4/h5-11,23,26H,12-19H2,1-4H3,(H,31,35);5-11,23H,12-19H2,1-4H3;4-10,22,25H,11-18,29H2,1-3H3;1H3. The molecule has 0 radical (unpaired) electrons. The van der Waals surface area contributed by atoms with Gasteiger partial charge in [0, 0.05) is 110 Å². The molecule has 17 nitrogen and oxygen atoms in total. The summed E-state index contributed by atoms with van der Waals surface area (Å²) < 4.78 is 12.0. The van der Waals surface area contributed by atoms with Gasteiger partial charge in [0.15, 0.2) is 0 Å². The second-order valence-corrected chi connectivity index (χ2v) is 34.0. The fourth-order valence-corrected chi connectivity index (χ4v) is 17.9. The normalized spacial score (nSPS) is 19.4. The summed E-state index contributed by atoms with van der Waals surface area (Å²) in [4.78, 5) is 80.5. The van der Waals surface area contributed by atoms with E-state index >= 15 is 0 Å². The Kier molecular flexibility index (Phi) is 30.7. The third-order valence-corrected chi connectivity index (χ3v) is 25.9. The number of carbonyl (C=O) groups excluding carboxylic acids is 5. The zero-order valence-corrected chi connectivity index (χ0v) is 70.5. The first-order chi connectivity index (χ1) is 51.1. The van der Waals surface area contributed by atoms with Gasteiger partial charge in [-0.3, -0.25) is 29.1 Å². The zero-order chi connectivity index (χ0) is 77.3. The fraction of sp³-hybridized carbons (Fsp3) is 0.512. The van der Waals surface area contributed by atoms with Crippen LogP contribution >= 0.6 is 59.4 Å². The van der Waals surface area contributed by atoms with Crippen LogP contribution in [-0.2, 0) is 14.3 Å². The van der Waals surface area contributed by atoms with Crippen molar-refractivity contribution in [1.29, 1.82) is 0 Å². The molecule has 4 amide bonds. The summed E-state index contributed by atoms with van der Waals surface area (Å²) in [5, 5.41) is 7.49. The molecule has 6 aliphatic rings. The van der Waals surface area contributed by atoms with E-state index in [1.165, 1.54) is 19.8 Å². The maximum absolute atomic E-state index is 13.3. The van der Waals surface area contributed by atoms with Crippen LogP contribution in [0.4, 0.5) is 9.59 Å². The first-order valence-electron chi connectivity index (χ1n) is 38.1. The van der Waals surface area contributed by atoms with Crippen molar-refractivity contribution in [3.63, 3.8) is 0 Å². The van der Waals surface area contributed by atoms with E-state index in [-0.39, 0.29) is 46.4 Å². The van der Waals surface area contributed by atoms with E-state index < -0.39 is 11.5 Å². The van der Waals surface area contributed by atoms with Crippen molar-refractivity contribution in [3.8, 4) is 0 Å². The van der Waals surface area contributed by atoms with Crippen LogP contribution in [0.5, 0.6) is 0 Å². The number of halogens is 4. The van der Waals surface area contributed by atoms with Gasteiger partial charge in [0.25, 0.3) is 17.7 Å². The molecule has 12 rings (SSSR count). The summed E-state index contributed by atoms with van der Waals surface area (Å²) in [5.41, 5.74) is 19.8. The number of amides is 4. The van der Waals surface area contributed by atoms with Gasteiger partial charge in [-0.05, 0) is 277 Å². The number of carbonyl (C=O) groups is 5. The number of aryl methyl sites for hydroxylation is 6. The summed E-state index contributed by atoms with van der Waals surface area (Å²) in [6.07, 6.45) is 12.1. The van der Waals surface area contributed by atoms with Gasteiger partial charge in [-0.25, -0.2) is 9.59 Å². The number of benzene rings is 6. The number of alkyl carbamates (subject to hydrolysis) is 1. The number of methoxy groups -OCH3 is 2. The van der Waals surface area contributed by atoms with Crippen LogP contribution in [0.3, 0.4) is 0 Å². The lowest BCUT2D eigenvalue weighted by atomic mass is 9.81. The van der Waals surface area contributed by atoms with Crippen molar-refractivity contribution in [2.24, 2.45) is 28.6 Å². The van der Waals surface area contributed by atoms with Crippen molar-refractivity contribution in [3.05, 3.63) is 208 Å². The monoisotopic (exact) mass is 1670 g/mol. The van der Waals surface area contributed by atoms with Crippen molar-refractivity contribution in [1.82, 2.24) is 34.7 Å². The number of piperidine rings is 6. The zero-order valence-electron chi connectivity index (χ0n) is 65.0. The molecule has 0 aliphatic carbocycles. The van der Waals surface area contributed by atoms with E-state index in [4.69, 9.17) is 15.3 Å². The van der Waals surface area contributed by atoms with Crippen molar-refractivity contribution in [2.75, 3.05) is 99.9 Å². The van der Waals surface area contributed by atoms with Gasteiger partial charge in [-0.2, -0.15) is 0 Å². The predicted molar refractivity (Wildman–Crippen MR) is 441 cm³/mol. The maximum atomic E-state index is 13.3. The van der Waals surface area contributed by atoms with Gasteiger partial charge < -0.3 is 40.1 Å². The largest absolute Gasteiger partial charge is 0.457 e. The molecule has 0 spiro atoms. The Morgan fingerprint density at radius 3 is 1.06 bits per heavy atom. The van der Waals surface area contributed by atoms with Crippen LogP contribution in [-0.4, -0.2) is 181 Å². The topological polar surface area (TPSA) is 183 Å². The number of nitrogens with two attached hydrogens (primary N) is 1. The number of ether oxygens (including phenoxy) is 2. The van der Waals surface area contributed by atoms with Crippen LogP contribution in [0, 0.1) is 59.3 Å². The van der Waals surface area contributed by atoms with Gasteiger partial charge in [-0.15, -0.1) is 0 Å². The Hall–Kier alpha value is -6.49. The van der Waals surface area contributed by atoms with Crippen LogP contribution in [0.2, 0.25) is 0 Å². The smallest absolute Gasteiger partial charge is 0.407 e. The average molecular weight is 1680 g/mol. The molecular weight excluding hydrogens is 1560 g/mol. The minimum atomic E-state index is -0.773. The van der Waals surface area contributed by atoms with Gasteiger partial charge in [0.2, 0.25) is 0 Å². The number of rotatable bonds is 14. The Balaban J connectivity index is 0.000000180. The summed E-state index contributed by atoms with van der Waals surface area (Å²) in [5.74, 6) is 1.81. The highest BCUT2D eigenvalue weighted by Crippen LogP contribution is 2.41. The third-order valence-electron chi connectivity index (χ3n) is 24.1. The number of likely N-dealkylation sites (tertiary alicyclic amines) is 6. The summed E-state index contributed by atoms with van der Waals surface area (Å²) in [7, 11) is 4.26. The maximum Gasteiger partial charge on any atom is 0.407 e. The van der Waals surface area contributed by atoms with Gasteiger partial charge in [0.1, 0.15) is 7.11 Å². The minimum Gasteiger partial charge on any atom is -0.457 e. The van der Waals surface area contributed by atoms with Crippen molar-refractivity contribution in [2.45, 2.75) is 168 Å². The Morgan fingerprint density at radius 2 is 0.748 bits per heavy atom. The van der Waals surface area contributed by atoms with Crippen LogP contribution in [0.15, 0.2) is 146 Å². The van der Waals surface area contributed by atoms with E-state index in [1.54, 1.807) is 7.11 Å². The molecule has 6 fully saturated rings. The summed E-state index contributed by atoms with van der Waals surface area (Å²) in [6.45, 7) is 30.5. The molecule has 0 saturated carbocycles. The van der Waals surface area contributed by atoms with Crippen molar-refractivity contribution >= 4 is 94.3 Å². The highest BCUT2D eigenvalue weighted by molar-refractivity contribution is 9.11. The van der Waals surface area contributed by atoms with E-state index in [9.17, 15) is 24.0 Å². The number of hydrogen-bond acceptors (Lipinski definition) is 13. The molecule has 6 saturated heterocycles. The molecule has 578 valence electrons. The highest BCUT2D eigenvalue weighted by Gasteiger charge is 2.44. The molecule has 6 aliphatic heterocycles. The molecular formula is C86H113Br3ClN9O8. The molecule has 6 aromatic rings.